The first-order valence-corrected chi connectivity index (χ1v) is 9.10. The second kappa shape index (κ2) is 8.80. The van der Waals surface area contributed by atoms with Crippen molar-refractivity contribution in [3.05, 3.63) is 73.3 Å². The number of rotatable bonds is 8. The zero-order valence-electron chi connectivity index (χ0n) is 13.1. The van der Waals surface area contributed by atoms with Crippen molar-refractivity contribution in [2.45, 2.75) is 19.1 Å². The first-order valence-electron chi connectivity index (χ1n) is 7.49. The molecule has 0 N–H and O–H groups in total. The molecule has 1 atom stereocenters. The van der Waals surface area contributed by atoms with E-state index in [-0.39, 0.29) is 0 Å². The summed E-state index contributed by atoms with van der Waals surface area (Å²) in [6.45, 7) is 5.37. The van der Waals surface area contributed by atoms with Gasteiger partial charge in [0.15, 0.2) is 5.73 Å². The van der Waals surface area contributed by atoms with Gasteiger partial charge in [-0.15, -0.1) is 0 Å². The highest BCUT2D eigenvalue weighted by atomic mass is 28.3. The van der Waals surface area contributed by atoms with Crippen molar-refractivity contribution >= 4 is 15.3 Å². The molecule has 0 fully saturated rings. The largest absolute Gasteiger partial charge is 0.512 e. The Hall–Kier alpha value is -2.53. The zero-order chi connectivity index (χ0) is 16.5. The fourth-order valence-electron chi connectivity index (χ4n) is 1.97. The van der Waals surface area contributed by atoms with Crippen LogP contribution in [0.3, 0.4) is 0 Å². The summed E-state index contributed by atoms with van der Waals surface area (Å²) in [5, 5.41) is 0. The van der Waals surface area contributed by atoms with Gasteiger partial charge in [-0.1, -0.05) is 49.9 Å². The predicted molar refractivity (Wildman–Crippen MR) is 91.7 cm³/mol. The Morgan fingerprint density at radius 1 is 1.04 bits per heavy atom. The summed E-state index contributed by atoms with van der Waals surface area (Å²) < 4.78 is 17.5. The van der Waals surface area contributed by atoms with E-state index in [1.807, 2.05) is 67.6 Å². The van der Waals surface area contributed by atoms with Crippen molar-refractivity contribution in [3.8, 4) is 11.5 Å². The molecule has 0 amide bonds. The lowest BCUT2D eigenvalue weighted by Gasteiger charge is -2.25. The van der Waals surface area contributed by atoms with Gasteiger partial charge in [0.25, 0.3) is 0 Å². The van der Waals surface area contributed by atoms with Gasteiger partial charge in [0.2, 0.25) is 0 Å². The van der Waals surface area contributed by atoms with E-state index in [0.29, 0.717) is 17.9 Å². The van der Waals surface area contributed by atoms with Crippen molar-refractivity contribution in [1.82, 2.24) is 0 Å². The summed E-state index contributed by atoms with van der Waals surface area (Å²) in [5.41, 5.74) is -0.416. The molecule has 0 spiro atoms. The number of hydrogen-bond donors (Lipinski definition) is 0. The van der Waals surface area contributed by atoms with Gasteiger partial charge in [0.1, 0.15) is 11.5 Å². The minimum absolute atomic E-state index is 0.416. The molecule has 0 aliphatic rings. The third-order valence-electron chi connectivity index (χ3n) is 3.13. The van der Waals surface area contributed by atoms with E-state index in [1.165, 1.54) is 0 Å². The molecule has 0 saturated heterocycles. The molecule has 0 aliphatic heterocycles. The number of para-hydroxylation sites is 2. The van der Waals surface area contributed by atoms with Crippen LogP contribution in [-0.4, -0.2) is 21.0 Å². The van der Waals surface area contributed by atoms with Crippen molar-refractivity contribution in [2.75, 3.05) is 0 Å². The van der Waals surface area contributed by atoms with E-state index >= 15 is 0 Å². The third kappa shape index (κ3) is 5.30. The summed E-state index contributed by atoms with van der Waals surface area (Å²) in [6.07, 6.45) is 1.76. The second-order valence-electron chi connectivity index (χ2n) is 4.82. The highest BCUT2D eigenvalue weighted by Gasteiger charge is 2.32. The Morgan fingerprint density at radius 2 is 1.52 bits per heavy atom. The first-order chi connectivity index (χ1) is 11.2. The molecule has 0 bridgehead atoms. The average molecular weight is 328 g/mol. The van der Waals surface area contributed by atoms with Crippen LogP contribution in [0.25, 0.3) is 0 Å². The van der Waals surface area contributed by atoms with Crippen LogP contribution >= 0.6 is 0 Å². The molecule has 1 unspecified atom stereocenters. The van der Waals surface area contributed by atoms with Crippen LogP contribution in [-0.2, 0) is 9.53 Å². The number of ether oxygens (including phenoxy) is 1. The van der Waals surface area contributed by atoms with Gasteiger partial charge in [0, 0.05) is 6.08 Å². The monoisotopic (exact) mass is 328 g/mol. The van der Waals surface area contributed by atoms with Crippen molar-refractivity contribution in [2.24, 2.45) is 0 Å². The van der Waals surface area contributed by atoms with Gasteiger partial charge >= 0.3 is 15.3 Å². The lowest BCUT2D eigenvalue weighted by Crippen LogP contribution is -2.45. The van der Waals surface area contributed by atoms with Crippen LogP contribution in [0.5, 0.6) is 11.5 Å². The van der Waals surface area contributed by atoms with Crippen LogP contribution < -0.4 is 8.85 Å². The summed E-state index contributed by atoms with van der Waals surface area (Å²) in [5.74, 6) is 0.934. The standard InChI is InChI=1S/C18H20O4Si/c1-3-17(19)20-18(4-2)23(21-15-11-7-5-8-12-15)22-16-13-9-6-10-14-16/h3,5-14,18,23H,1,4H2,2H3. The average Bonchev–Trinajstić information content (AvgIpc) is 2.60. The topological polar surface area (TPSA) is 44.8 Å². The van der Waals surface area contributed by atoms with Gasteiger partial charge in [0.05, 0.1) is 0 Å². The SMILES string of the molecule is C=CC(=O)OC(CC)[SiH](Oc1ccccc1)Oc1ccccc1. The molecule has 2 aromatic carbocycles. The van der Waals surface area contributed by atoms with Gasteiger partial charge < -0.3 is 13.6 Å². The molecule has 0 heterocycles. The summed E-state index contributed by atoms with van der Waals surface area (Å²) in [6, 6.07) is 18.8. The number of carbonyl (C=O) groups is 1. The summed E-state index contributed by atoms with van der Waals surface area (Å²) in [4.78, 5) is 11.6. The quantitative estimate of drug-likeness (QED) is 0.423. The lowest BCUT2D eigenvalue weighted by atomic mass is 10.3. The number of hydrogen-bond acceptors (Lipinski definition) is 4. The smallest absolute Gasteiger partial charge is 0.486 e. The van der Waals surface area contributed by atoms with Crippen LogP contribution in [0.1, 0.15) is 13.3 Å². The highest BCUT2D eigenvalue weighted by molar-refractivity contribution is 6.48. The molecule has 120 valence electrons. The molecular weight excluding hydrogens is 308 g/mol. The summed E-state index contributed by atoms with van der Waals surface area (Å²) >= 11 is 0. The van der Waals surface area contributed by atoms with Crippen LogP contribution in [0, 0.1) is 0 Å². The Labute approximate surface area is 138 Å². The van der Waals surface area contributed by atoms with E-state index < -0.39 is 21.0 Å². The third-order valence-corrected chi connectivity index (χ3v) is 5.35. The fraction of sp³-hybridized carbons (Fsp3) is 0.167. The Kier molecular flexibility index (Phi) is 6.44. The molecule has 0 radical (unpaired) electrons. The molecule has 2 rings (SSSR count). The van der Waals surface area contributed by atoms with E-state index in [0.717, 1.165) is 6.08 Å². The van der Waals surface area contributed by atoms with Gasteiger partial charge in [-0.2, -0.15) is 0 Å². The molecule has 5 heteroatoms. The van der Waals surface area contributed by atoms with Crippen molar-refractivity contribution < 1.29 is 18.4 Å². The minimum Gasteiger partial charge on any atom is -0.512 e. The van der Waals surface area contributed by atoms with Gasteiger partial charge in [-0.3, -0.25) is 0 Å². The molecule has 4 nitrogen and oxygen atoms in total. The molecule has 0 aromatic heterocycles. The van der Waals surface area contributed by atoms with E-state index in [9.17, 15) is 4.79 Å². The Balaban J connectivity index is 2.18. The Morgan fingerprint density at radius 3 is 1.91 bits per heavy atom. The maximum absolute atomic E-state index is 11.6. The van der Waals surface area contributed by atoms with Crippen LogP contribution in [0.2, 0.25) is 0 Å². The molecule has 0 saturated carbocycles. The van der Waals surface area contributed by atoms with Gasteiger partial charge in [-0.05, 0) is 30.7 Å². The summed E-state index contributed by atoms with van der Waals surface area (Å²) in [7, 11) is -2.36. The van der Waals surface area contributed by atoms with Crippen molar-refractivity contribution in [3.63, 3.8) is 0 Å². The number of esters is 1. The van der Waals surface area contributed by atoms with Crippen LogP contribution in [0.4, 0.5) is 0 Å². The lowest BCUT2D eigenvalue weighted by molar-refractivity contribution is -0.140. The zero-order valence-corrected chi connectivity index (χ0v) is 14.2. The number of carbonyl (C=O) groups excluding carboxylic acids is 1. The predicted octanol–water partition coefficient (Wildman–Crippen LogP) is 3.41. The normalized spacial score (nSPS) is 11.6. The molecule has 2 aromatic rings. The maximum atomic E-state index is 11.6. The molecule has 23 heavy (non-hydrogen) atoms. The van der Waals surface area contributed by atoms with Crippen molar-refractivity contribution in [1.29, 1.82) is 0 Å². The molecule has 0 aliphatic carbocycles. The fourth-order valence-corrected chi connectivity index (χ4v) is 3.80. The molecular formula is C18H20O4Si. The minimum atomic E-state index is -2.36. The number of benzene rings is 2. The first kappa shape index (κ1) is 16.8. The van der Waals surface area contributed by atoms with E-state index in [4.69, 9.17) is 13.6 Å². The highest BCUT2D eigenvalue weighted by Crippen LogP contribution is 2.18. The maximum Gasteiger partial charge on any atom is 0.486 e. The Bertz CT molecular complexity index is 574. The van der Waals surface area contributed by atoms with Gasteiger partial charge in [-0.25, -0.2) is 4.79 Å². The van der Waals surface area contributed by atoms with Crippen LogP contribution in [0.15, 0.2) is 73.3 Å². The van der Waals surface area contributed by atoms with E-state index in [1.54, 1.807) is 0 Å². The van der Waals surface area contributed by atoms with E-state index in [2.05, 4.69) is 6.58 Å². The second-order valence-corrected chi connectivity index (χ2v) is 6.77.